The van der Waals surface area contributed by atoms with Crippen LogP contribution in [0.15, 0.2) is 54.6 Å². The second kappa shape index (κ2) is 21.0. The number of quaternary nitrogens is 1. The van der Waals surface area contributed by atoms with E-state index in [0.717, 1.165) is 27.1 Å². The molecule has 0 fully saturated rings. The monoisotopic (exact) mass is 727 g/mol. The van der Waals surface area contributed by atoms with E-state index >= 15 is 0 Å². The van der Waals surface area contributed by atoms with Crippen molar-refractivity contribution in [2.24, 2.45) is 0 Å². The zero-order valence-electron chi connectivity index (χ0n) is 30.8. The van der Waals surface area contributed by atoms with E-state index in [9.17, 15) is 24.0 Å². The summed E-state index contributed by atoms with van der Waals surface area (Å²) in [6.45, 7) is 4.94. The van der Waals surface area contributed by atoms with Crippen LogP contribution in [-0.4, -0.2) is 101 Å². The van der Waals surface area contributed by atoms with Crippen LogP contribution in [0.3, 0.4) is 0 Å². The highest BCUT2D eigenvalue weighted by Gasteiger charge is 2.52. The standard InChI is InChI=1S/C38H50N2O12/c1-26(49-21-17-35(42)46-4)40(27(2)50-22-18-36(43)47-5,28(3)51-23-19-37(44)48-6)34(41)16-11-20-39-38(45)52-25-33-31-14-9-7-12-29(31)24-30-13-8-10-15-32(30)33/h7-10,12-15,24,26-28H,11,16-23,25H2,1-6H3/p+1. The topological polar surface area (TPSA) is 162 Å². The molecule has 1 N–H and O–H groups in total. The lowest BCUT2D eigenvalue weighted by molar-refractivity contribution is -0.980. The third-order valence-corrected chi connectivity index (χ3v) is 8.98. The molecule has 14 heteroatoms. The average molecular weight is 728 g/mol. The van der Waals surface area contributed by atoms with Gasteiger partial charge in [0.15, 0.2) is 0 Å². The summed E-state index contributed by atoms with van der Waals surface area (Å²) >= 11 is 0. The quantitative estimate of drug-likeness (QED) is 0.0386. The first kappa shape index (κ1) is 41.8. The van der Waals surface area contributed by atoms with Gasteiger partial charge in [-0.25, -0.2) is 9.59 Å². The number of methoxy groups -OCH3 is 3. The van der Waals surface area contributed by atoms with E-state index in [2.05, 4.69) is 11.4 Å². The molecule has 0 heterocycles. The highest BCUT2D eigenvalue weighted by molar-refractivity contribution is 6.02. The van der Waals surface area contributed by atoms with Gasteiger partial charge in [-0.15, -0.1) is 0 Å². The molecule has 0 saturated carbocycles. The van der Waals surface area contributed by atoms with Crippen molar-refractivity contribution in [1.82, 2.24) is 5.32 Å². The number of hydrogen-bond donors (Lipinski definition) is 1. The van der Waals surface area contributed by atoms with Crippen LogP contribution in [0.25, 0.3) is 21.5 Å². The molecule has 0 bridgehead atoms. The Balaban J connectivity index is 1.75. The summed E-state index contributed by atoms with van der Waals surface area (Å²) in [6.07, 6.45) is -3.42. The van der Waals surface area contributed by atoms with Crippen LogP contribution >= 0.6 is 0 Å². The summed E-state index contributed by atoms with van der Waals surface area (Å²) in [5.41, 5.74) is 0.893. The van der Waals surface area contributed by atoms with E-state index in [1.54, 1.807) is 20.8 Å². The zero-order valence-corrected chi connectivity index (χ0v) is 30.8. The lowest BCUT2D eigenvalue weighted by Gasteiger charge is -2.47. The van der Waals surface area contributed by atoms with Gasteiger partial charge in [0, 0.05) is 32.9 Å². The van der Waals surface area contributed by atoms with Gasteiger partial charge in [0.05, 0.1) is 66.8 Å². The molecule has 3 unspecified atom stereocenters. The molecule has 3 rings (SSSR count). The molecule has 0 aliphatic rings. The van der Waals surface area contributed by atoms with Crippen molar-refractivity contribution in [2.45, 2.75) is 78.2 Å². The second-order valence-corrected chi connectivity index (χ2v) is 12.0. The third kappa shape index (κ3) is 11.2. The number of benzene rings is 3. The fourth-order valence-corrected chi connectivity index (χ4v) is 6.19. The van der Waals surface area contributed by atoms with E-state index in [4.69, 9.17) is 33.2 Å². The number of alkyl carbamates (subject to hydrolysis) is 1. The number of fused-ring (bicyclic) bond motifs is 2. The summed E-state index contributed by atoms with van der Waals surface area (Å²) < 4.78 is 37.4. The Labute approximate surface area is 304 Å². The Morgan fingerprint density at radius 1 is 0.635 bits per heavy atom. The Kier molecular flexibility index (Phi) is 16.9. The molecule has 0 spiro atoms. The highest BCUT2D eigenvalue weighted by atomic mass is 16.6. The van der Waals surface area contributed by atoms with Crippen LogP contribution in [-0.2, 0) is 58.9 Å². The molecule has 0 radical (unpaired) electrons. The van der Waals surface area contributed by atoms with Crippen molar-refractivity contribution in [3.63, 3.8) is 0 Å². The molecular weight excluding hydrogens is 676 g/mol. The number of rotatable bonds is 21. The molecule has 0 aliphatic carbocycles. The van der Waals surface area contributed by atoms with Crippen LogP contribution in [0, 0.1) is 0 Å². The van der Waals surface area contributed by atoms with Gasteiger partial charge in [0.25, 0.3) is 0 Å². The fraction of sp³-hybridized carbons (Fsp3) is 0.500. The van der Waals surface area contributed by atoms with E-state index in [0.29, 0.717) is 0 Å². The van der Waals surface area contributed by atoms with Crippen LogP contribution < -0.4 is 5.32 Å². The number of esters is 3. The smallest absolute Gasteiger partial charge is 0.407 e. The predicted molar refractivity (Wildman–Crippen MR) is 190 cm³/mol. The molecule has 52 heavy (non-hydrogen) atoms. The molecule has 284 valence electrons. The van der Waals surface area contributed by atoms with Crippen LogP contribution in [0.5, 0.6) is 0 Å². The first-order chi connectivity index (χ1) is 25.0. The van der Waals surface area contributed by atoms with Gasteiger partial charge in [0.1, 0.15) is 6.61 Å². The minimum absolute atomic E-state index is 0.0473. The molecular formula is C38H51N2O12+. The highest BCUT2D eigenvalue weighted by Crippen LogP contribution is 2.31. The summed E-state index contributed by atoms with van der Waals surface area (Å²) in [7, 11) is 3.79. The largest absolute Gasteiger partial charge is 0.469 e. The minimum Gasteiger partial charge on any atom is -0.469 e. The lowest BCUT2D eigenvalue weighted by Crippen LogP contribution is -2.69. The summed E-state index contributed by atoms with van der Waals surface area (Å²) in [6, 6.07) is 17.9. The van der Waals surface area contributed by atoms with Crippen molar-refractivity contribution >= 4 is 51.5 Å². The number of carbonyl (C=O) groups is 5. The number of amides is 2. The van der Waals surface area contributed by atoms with Crippen molar-refractivity contribution < 1.29 is 61.6 Å². The Morgan fingerprint density at radius 2 is 1.06 bits per heavy atom. The van der Waals surface area contributed by atoms with Crippen molar-refractivity contribution in [3.8, 4) is 0 Å². The number of hydrogen-bond acceptors (Lipinski definition) is 12. The Hall–Kier alpha value is -4.63. The SMILES string of the molecule is COC(=O)CCOC(C)[N+](C(=O)CCCNC(=O)OCc1c2ccccc2cc2ccccc12)(C(C)OCCC(=O)OC)C(C)OCCC(=O)OC. The van der Waals surface area contributed by atoms with Gasteiger partial charge >= 0.3 is 29.9 Å². The van der Waals surface area contributed by atoms with E-state index in [1.807, 2.05) is 48.5 Å². The lowest BCUT2D eigenvalue weighted by atomic mass is 9.97. The molecule has 0 saturated heterocycles. The summed E-state index contributed by atoms with van der Waals surface area (Å²) in [5.74, 6) is -1.84. The molecule has 3 aromatic rings. The van der Waals surface area contributed by atoms with Gasteiger partial charge in [-0.3, -0.25) is 14.4 Å². The molecule has 14 nitrogen and oxygen atoms in total. The molecule has 2 amide bonds. The summed E-state index contributed by atoms with van der Waals surface area (Å²) in [5, 5.41) is 6.79. The average Bonchev–Trinajstić information content (AvgIpc) is 3.14. The minimum atomic E-state index is -0.924. The maximum Gasteiger partial charge on any atom is 0.407 e. The van der Waals surface area contributed by atoms with Crippen LogP contribution in [0.2, 0.25) is 0 Å². The molecule has 3 aromatic carbocycles. The maximum absolute atomic E-state index is 14.4. The number of carbonyl (C=O) groups excluding carboxylic acids is 5. The van der Waals surface area contributed by atoms with E-state index < -0.39 is 47.2 Å². The van der Waals surface area contributed by atoms with Crippen LogP contribution in [0.1, 0.15) is 58.4 Å². The fourth-order valence-electron chi connectivity index (χ4n) is 6.19. The summed E-state index contributed by atoms with van der Waals surface area (Å²) in [4.78, 5) is 62.7. The molecule has 0 aliphatic heterocycles. The van der Waals surface area contributed by atoms with Crippen molar-refractivity contribution in [3.05, 3.63) is 60.2 Å². The van der Waals surface area contributed by atoms with Crippen molar-refractivity contribution in [2.75, 3.05) is 47.7 Å². The zero-order chi connectivity index (χ0) is 38.1. The Morgan fingerprint density at radius 3 is 1.48 bits per heavy atom. The third-order valence-electron chi connectivity index (χ3n) is 8.98. The first-order valence-corrected chi connectivity index (χ1v) is 17.3. The first-order valence-electron chi connectivity index (χ1n) is 17.3. The molecule has 0 aromatic heterocycles. The predicted octanol–water partition coefficient (Wildman–Crippen LogP) is 5.12. The van der Waals surface area contributed by atoms with Gasteiger partial charge in [0.2, 0.25) is 18.7 Å². The van der Waals surface area contributed by atoms with Gasteiger partial charge in [-0.1, -0.05) is 48.5 Å². The normalized spacial score (nSPS) is 14.1. The number of nitrogens with zero attached hydrogens (tertiary/aromatic N) is 1. The van der Waals surface area contributed by atoms with Gasteiger partial charge < -0.3 is 38.5 Å². The second-order valence-electron chi connectivity index (χ2n) is 12.0. The van der Waals surface area contributed by atoms with E-state index in [-0.39, 0.29) is 71.0 Å². The number of ether oxygens (including phenoxy) is 7. The van der Waals surface area contributed by atoms with Crippen molar-refractivity contribution in [1.29, 1.82) is 0 Å². The maximum atomic E-state index is 14.4. The Bertz CT molecular complexity index is 1540. The number of nitrogens with one attached hydrogen (secondary N) is 1. The molecule has 3 atom stereocenters. The van der Waals surface area contributed by atoms with Gasteiger partial charge in [-0.05, 0) is 34.0 Å². The van der Waals surface area contributed by atoms with Crippen LogP contribution in [0.4, 0.5) is 4.79 Å². The van der Waals surface area contributed by atoms with Gasteiger partial charge in [-0.2, -0.15) is 4.48 Å². The van der Waals surface area contributed by atoms with E-state index in [1.165, 1.54) is 21.3 Å².